The van der Waals surface area contributed by atoms with E-state index in [1.807, 2.05) is 30.3 Å². The van der Waals surface area contributed by atoms with Crippen molar-refractivity contribution in [1.82, 2.24) is 15.0 Å². The van der Waals surface area contributed by atoms with Crippen molar-refractivity contribution in [1.29, 1.82) is 0 Å². The van der Waals surface area contributed by atoms with Crippen LogP contribution >= 0.6 is 0 Å². The number of anilines is 3. The van der Waals surface area contributed by atoms with Crippen LogP contribution in [0.15, 0.2) is 48.9 Å². The first-order valence-electron chi connectivity index (χ1n) is 9.04. The monoisotopic (exact) mass is 371 g/mol. The third kappa shape index (κ3) is 2.47. The summed E-state index contributed by atoms with van der Waals surface area (Å²) in [7, 11) is 0. The Balaban J connectivity index is 1.45. The number of carbonyl (C=O) groups is 2. The molecule has 1 amide bonds. The first kappa shape index (κ1) is 16.6. The molecule has 1 aliphatic heterocycles. The van der Waals surface area contributed by atoms with Gasteiger partial charge in [-0.05, 0) is 42.2 Å². The van der Waals surface area contributed by atoms with E-state index in [1.165, 1.54) is 13.3 Å². The maximum atomic E-state index is 12.8. The van der Waals surface area contributed by atoms with E-state index in [0.717, 1.165) is 22.4 Å². The lowest BCUT2D eigenvalue weighted by molar-refractivity contribution is -0.120. The van der Waals surface area contributed by atoms with Crippen LogP contribution in [0.2, 0.25) is 0 Å². The number of rotatable bonds is 3. The molecular weight excluding hydrogens is 354 g/mol. The molecule has 2 N–H and O–H groups in total. The number of fused-ring (bicyclic) bond motifs is 3. The van der Waals surface area contributed by atoms with Gasteiger partial charge in [-0.15, -0.1) is 0 Å². The molecule has 7 heteroatoms. The van der Waals surface area contributed by atoms with Gasteiger partial charge in [0.05, 0.1) is 5.41 Å². The summed E-state index contributed by atoms with van der Waals surface area (Å²) in [5, 5.41) is 6.14. The summed E-state index contributed by atoms with van der Waals surface area (Å²) in [4.78, 5) is 36.7. The Bertz CT molecular complexity index is 1140. The number of nitrogens with zero attached hydrogens (tertiary/aromatic N) is 3. The van der Waals surface area contributed by atoms with Gasteiger partial charge in [-0.1, -0.05) is 12.1 Å². The SMILES string of the molecule is CC(=O)c1cc(Nc2ccc3c(c2)CC2(C3)C(=O)Nc3ncccc32)ncn1. The van der Waals surface area contributed by atoms with E-state index in [0.29, 0.717) is 30.2 Å². The van der Waals surface area contributed by atoms with Crippen molar-refractivity contribution in [3.8, 4) is 0 Å². The number of amides is 1. The van der Waals surface area contributed by atoms with Gasteiger partial charge < -0.3 is 10.6 Å². The van der Waals surface area contributed by atoms with E-state index in [4.69, 9.17) is 0 Å². The largest absolute Gasteiger partial charge is 0.340 e. The van der Waals surface area contributed by atoms with E-state index < -0.39 is 5.41 Å². The van der Waals surface area contributed by atoms with Crippen LogP contribution < -0.4 is 10.6 Å². The second-order valence-corrected chi connectivity index (χ2v) is 7.24. The number of carbonyl (C=O) groups excluding carboxylic acids is 2. The zero-order valence-electron chi connectivity index (χ0n) is 15.2. The molecule has 0 fully saturated rings. The van der Waals surface area contributed by atoms with E-state index in [1.54, 1.807) is 12.3 Å². The summed E-state index contributed by atoms with van der Waals surface area (Å²) in [6.07, 6.45) is 4.35. The summed E-state index contributed by atoms with van der Waals surface area (Å²) < 4.78 is 0. The summed E-state index contributed by atoms with van der Waals surface area (Å²) in [6, 6.07) is 11.5. The third-order valence-corrected chi connectivity index (χ3v) is 5.48. The highest BCUT2D eigenvalue weighted by Crippen LogP contribution is 2.47. The van der Waals surface area contributed by atoms with Gasteiger partial charge in [0.15, 0.2) is 5.78 Å². The normalized spacial score (nSPS) is 19.2. The molecule has 3 heterocycles. The molecular formula is C21H17N5O2. The molecule has 1 unspecified atom stereocenters. The maximum Gasteiger partial charge on any atom is 0.237 e. The average Bonchev–Trinajstić information content (AvgIpc) is 3.20. The molecule has 2 aliphatic rings. The second-order valence-electron chi connectivity index (χ2n) is 7.24. The fourth-order valence-electron chi connectivity index (χ4n) is 4.11. The van der Waals surface area contributed by atoms with Gasteiger partial charge in [0, 0.05) is 30.4 Å². The highest BCUT2D eigenvalue weighted by Gasteiger charge is 2.50. The summed E-state index contributed by atoms with van der Waals surface area (Å²) in [5.74, 6) is 1.12. The number of Topliss-reactive ketones (excluding diaryl/α,β-unsaturated/α-hetero) is 1. The van der Waals surface area contributed by atoms with Crippen molar-refractivity contribution in [2.45, 2.75) is 25.2 Å². The molecule has 0 saturated heterocycles. The topological polar surface area (TPSA) is 96.9 Å². The Morgan fingerprint density at radius 2 is 1.96 bits per heavy atom. The zero-order chi connectivity index (χ0) is 19.3. The molecule has 0 radical (unpaired) electrons. The fourth-order valence-corrected chi connectivity index (χ4v) is 4.11. The van der Waals surface area contributed by atoms with E-state index in [2.05, 4.69) is 25.6 Å². The minimum Gasteiger partial charge on any atom is -0.340 e. The first-order valence-corrected chi connectivity index (χ1v) is 9.04. The van der Waals surface area contributed by atoms with Gasteiger partial charge in [0.25, 0.3) is 0 Å². The van der Waals surface area contributed by atoms with Crippen LogP contribution in [0.5, 0.6) is 0 Å². The van der Waals surface area contributed by atoms with E-state index in [-0.39, 0.29) is 11.7 Å². The summed E-state index contributed by atoms with van der Waals surface area (Å²) in [6.45, 7) is 1.47. The van der Waals surface area contributed by atoms with Crippen molar-refractivity contribution in [2.24, 2.45) is 0 Å². The smallest absolute Gasteiger partial charge is 0.237 e. The summed E-state index contributed by atoms with van der Waals surface area (Å²) in [5.41, 5.74) is 3.88. The molecule has 1 aliphatic carbocycles. The number of hydrogen-bond donors (Lipinski definition) is 2. The Morgan fingerprint density at radius 3 is 2.82 bits per heavy atom. The number of ketones is 1. The Hall–Kier alpha value is -3.61. The van der Waals surface area contributed by atoms with Crippen molar-refractivity contribution in [3.63, 3.8) is 0 Å². The molecule has 3 aromatic rings. The van der Waals surface area contributed by atoms with Gasteiger partial charge >= 0.3 is 0 Å². The predicted octanol–water partition coefficient (Wildman–Crippen LogP) is 2.81. The maximum absolute atomic E-state index is 12.8. The average molecular weight is 371 g/mol. The number of hydrogen-bond acceptors (Lipinski definition) is 6. The van der Waals surface area contributed by atoms with Gasteiger partial charge in [-0.3, -0.25) is 9.59 Å². The van der Waals surface area contributed by atoms with Crippen LogP contribution in [0.3, 0.4) is 0 Å². The van der Waals surface area contributed by atoms with Crippen LogP contribution in [-0.2, 0) is 23.1 Å². The van der Waals surface area contributed by atoms with Crippen molar-refractivity contribution in [3.05, 3.63) is 71.3 Å². The Labute approximate surface area is 161 Å². The van der Waals surface area contributed by atoms with Gasteiger partial charge in [0.1, 0.15) is 23.7 Å². The van der Waals surface area contributed by atoms with Crippen LogP contribution in [0.25, 0.3) is 0 Å². The van der Waals surface area contributed by atoms with Crippen LogP contribution in [0, 0.1) is 0 Å². The standard InChI is InChI=1S/C21H17N5O2/c1-12(27)17-8-18(24-11-23-17)25-15-5-4-13-9-21(10-14(13)7-15)16-3-2-6-22-19(16)26-20(21)28/h2-8,11H,9-10H2,1H3,(H,22,26,28)(H,23,24,25). The van der Waals surface area contributed by atoms with Crippen LogP contribution in [0.1, 0.15) is 34.1 Å². The lowest BCUT2D eigenvalue weighted by atomic mass is 9.79. The van der Waals surface area contributed by atoms with Gasteiger partial charge in [-0.2, -0.15) is 0 Å². The van der Waals surface area contributed by atoms with Crippen LogP contribution in [0.4, 0.5) is 17.3 Å². The molecule has 1 aromatic carbocycles. The molecule has 28 heavy (non-hydrogen) atoms. The minimum absolute atomic E-state index is 0.00816. The molecule has 1 atom stereocenters. The highest BCUT2D eigenvalue weighted by molar-refractivity contribution is 6.06. The van der Waals surface area contributed by atoms with Crippen molar-refractivity contribution < 1.29 is 9.59 Å². The second kappa shape index (κ2) is 5.95. The number of pyridine rings is 1. The fraction of sp³-hybridized carbons (Fsp3) is 0.190. The Morgan fingerprint density at radius 1 is 1.11 bits per heavy atom. The lowest BCUT2D eigenvalue weighted by Crippen LogP contribution is -2.35. The highest BCUT2D eigenvalue weighted by atomic mass is 16.2. The zero-order valence-corrected chi connectivity index (χ0v) is 15.2. The summed E-state index contributed by atoms with van der Waals surface area (Å²) >= 11 is 0. The predicted molar refractivity (Wildman–Crippen MR) is 104 cm³/mol. The molecule has 138 valence electrons. The van der Waals surface area contributed by atoms with Crippen LogP contribution in [-0.4, -0.2) is 26.6 Å². The molecule has 5 rings (SSSR count). The molecule has 0 bridgehead atoms. The van der Waals surface area contributed by atoms with Gasteiger partial charge in [-0.25, -0.2) is 15.0 Å². The van der Waals surface area contributed by atoms with E-state index >= 15 is 0 Å². The number of aromatic nitrogens is 3. The lowest BCUT2D eigenvalue weighted by Gasteiger charge is -2.20. The molecule has 2 aromatic heterocycles. The van der Waals surface area contributed by atoms with E-state index in [9.17, 15) is 9.59 Å². The first-order chi connectivity index (χ1) is 13.5. The molecule has 1 spiro atoms. The molecule has 7 nitrogen and oxygen atoms in total. The van der Waals surface area contributed by atoms with Gasteiger partial charge in [0.2, 0.25) is 5.91 Å². The third-order valence-electron chi connectivity index (χ3n) is 5.48. The minimum atomic E-state index is -0.582. The quantitative estimate of drug-likeness (QED) is 0.687. The van der Waals surface area contributed by atoms with Crippen molar-refractivity contribution in [2.75, 3.05) is 10.6 Å². The number of benzene rings is 1. The van der Waals surface area contributed by atoms with Crippen molar-refractivity contribution >= 4 is 29.0 Å². The molecule has 0 saturated carbocycles. The Kier molecular flexibility index (Phi) is 3.52. The number of nitrogens with one attached hydrogen (secondary N) is 2.